The number of rotatable bonds is 3. The lowest BCUT2D eigenvalue weighted by molar-refractivity contribution is 0.104. The lowest BCUT2D eigenvalue weighted by atomic mass is 9.86. The number of Topliss-reactive ketones (excluding diaryl/α,β-unsaturated/α-hetero) is 1. The Morgan fingerprint density at radius 2 is 1.54 bits per heavy atom. The first-order chi connectivity index (χ1) is 11.3. The number of hydrogen-bond donors (Lipinski definition) is 0. The van der Waals surface area contributed by atoms with Crippen LogP contribution in [0, 0.1) is 22.7 Å². The van der Waals surface area contributed by atoms with Crippen molar-refractivity contribution in [2.24, 2.45) is 0 Å². The van der Waals surface area contributed by atoms with Crippen LogP contribution >= 0.6 is 0 Å². The fourth-order valence-corrected chi connectivity index (χ4v) is 2.25. The Morgan fingerprint density at radius 1 is 0.958 bits per heavy atom. The molecule has 3 nitrogen and oxygen atoms in total. The van der Waals surface area contributed by atoms with Crippen molar-refractivity contribution < 1.29 is 4.79 Å². The van der Waals surface area contributed by atoms with Gasteiger partial charge in [0.25, 0.3) is 0 Å². The second-order valence-electron chi connectivity index (χ2n) is 6.56. The Bertz CT molecular complexity index is 853. The Balaban J connectivity index is 2.30. The van der Waals surface area contributed by atoms with Gasteiger partial charge < -0.3 is 0 Å². The number of nitriles is 2. The summed E-state index contributed by atoms with van der Waals surface area (Å²) in [4.78, 5) is 12.5. The van der Waals surface area contributed by atoms with E-state index in [4.69, 9.17) is 5.26 Å². The van der Waals surface area contributed by atoms with Crippen molar-refractivity contribution in [3.05, 3.63) is 76.4 Å². The van der Waals surface area contributed by atoms with Gasteiger partial charge in [0.05, 0.1) is 11.6 Å². The molecule has 0 radical (unpaired) electrons. The molecular weight excluding hydrogens is 296 g/mol. The average Bonchev–Trinajstić information content (AvgIpc) is 2.59. The molecule has 118 valence electrons. The number of carbonyl (C=O) groups excluding carboxylic acids is 1. The van der Waals surface area contributed by atoms with Crippen molar-refractivity contribution in [3.63, 3.8) is 0 Å². The van der Waals surface area contributed by atoms with Crippen LogP contribution in [0.4, 0.5) is 0 Å². The van der Waals surface area contributed by atoms with Crippen LogP contribution in [0.15, 0.2) is 54.1 Å². The van der Waals surface area contributed by atoms with Gasteiger partial charge in [-0.3, -0.25) is 4.79 Å². The van der Waals surface area contributed by atoms with Crippen LogP contribution in [-0.2, 0) is 5.41 Å². The maximum Gasteiger partial charge on any atom is 0.203 e. The van der Waals surface area contributed by atoms with Crippen molar-refractivity contribution in [2.45, 2.75) is 26.2 Å². The summed E-state index contributed by atoms with van der Waals surface area (Å²) in [5, 5.41) is 18.1. The fraction of sp³-hybridized carbons (Fsp3) is 0.190. The third-order valence-corrected chi connectivity index (χ3v) is 3.73. The Labute approximate surface area is 142 Å². The van der Waals surface area contributed by atoms with Gasteiger partial charge in [0, 0.05) is 5.56 Å². The van der Waals surface area contributed by atoms with Gasteiger partial charge in [-0.05, 0) is 34.8 Å². The van der Waals surface area contributed by atoms with E-state index < -0.39 is 0 Å². The predicted octanol–water partition coefficient (Wildman–Crippen LogP) is 4.65. The van der Waals surface area contributed by atoms with Gasteiger partial charge in [0.15, 0.2) is 0 Å². The standard InChI is InChI=1S/C21H18N2O/c1-21(2,3)19-10-8-17(9-11-19)20(24)18(14-23)12-15-4-6-16(13-22)7-5-15/h4-12H,1-3H3/b18-12+. The summed E-state index contributed by atoms with van der Waals surface area (Å²) in [7, 11) is 0. The minimum atomic E-state index is -0.303. The molecule has 0 aromatic heterocycles. The molecule has 3 heteroatoms. The summed E-state index contributed by atoms with van der Waals surface area (Å²) in [5.41, 5.74) is 2.96. The summed E-state index contributed by atoms with van der Waals surface area (Å²) in [6.07, 6.45) is 1.54. The molecule has 2 aromatic carbocycles. The quantitative estimate of drug-likeness (QED) is 0.471. The molecule has 2 aromatic rings. The molecule has 0 atom stereocenters. The monoisotopic (exact) mass is 314 g/mol. The van der Waals surface area contributed by atoms with Gasteiger partial charge in [-0.1, -0.05) is 57.2 Å². The third-order valence-electron chi connectivity index (χ3n) is 3.73. The predicted molar refractivity (Wildman–Crippen MR) is 94.2 cm³/mol. The fourth-order valence-electron chi connectivity index (χ4n) is 2.25. The summed E-state index contributed by atoms with van der Waals surface area (Å²) in [6.45, 7) is 6.32. The highest BCUT2D eigenvalue weighted by atomic mass is 16.1. The van der Waals surface area contributed by atoms with E-state index in [2.05, 4.69) is 20.8 Å². The molecule has 0 aliphatic heterocycles. The molecule has 0 saturated heterocycles. The number of benzene rings is 2. The van der Waals surface area contributed by atoms with E-state index in [0.717, 1.165) is 5.56 Å². The molecule has 0 amide bonds. The maximum absolute atomic E-state index is 12.5. The van der Waals surface area contributed by atoms with Crippen LogP contribution in [-0.4, -0.2) is 5.78 Å². The average molecular weight is 314 g/mol. The van der Waals surface area contributed by atoms with E-state index in [1.54, 1.807) is 42.5 Å². The van der Waals surface area contributed by atoms with Crippen LogP contribution in [0.25, 0.3) is 6.08 Å². The van der Waals surface area contributed by atoms with Gasteiger partial charge in [0.2, 0.25) is 5.78 Å². The first-order valence-electron chi connectivity index (χ1n) is 7.62. The second-order valence-corrected chi connectivity index (χ2v) is 6.56. The lowest BCUT2D eigenvalue weighted by Crippen LogP contribution is -2.11. The molecule has 0 aliphatic carbocycles. The van der Waals surface area contributed by atoms with Gasteiger partial charge in [-0.2, -0.15) is 10.5 Å². The van der Waals surface area contributed by atoms with Crippen LogP contribution in [0.3, 0.4) is 0 Å². The number of ketones is 1. The molecule has 0 aliphatic rings. The van der Waals surface area contributed by atoms with Crippen molar-refractivity contribution >= 4 is 11.9 Å². The van der Waals surface area contributed by atoms with Crippen LogP contribution in [0.1, 0.15) is 47.8 Å². The molecule has 0 spiro atoms. The first-order valence-corrected chi connectivity index (χ1v) is 7.62. The molecule has 0 saturated carbocycles. The molecular formula is C21H18N2O. The SMILES string of the molecule is CC(C)(C)c1ccc(C(=O)/C(C#N)=C/c2ccc(C#N)cc2)cc1. The van der Waals surface area contributed by atoms with Crippen molar-refractivity contribution in [1.82, 2.24) is 0 Å². The Hall–Kier alpha value is -3.17. The molecule has 0 fully saturated rings. The minimum Gasteiger partial charge on any atom is -0.288 e. The zero-order valence-electron chi connectivity index (χ0n) is 14.0. The van der Waals surface area contributed by atoms with E-state index in [1.807, 2.05) is 24.3 Å². The van der Waals surface area contributed by atoms with Crippen LogP contribution < -0.4 is 0 Å². The molecule has 24 heavy (non-hydrogen) atoms. The molecule has 0 unspecified atom stereocenters. The molecule has 0 bridgehead atoms. The van der Waals surface area contributed by atoms with Crippen LogP contribution in [0.2, 0.25) is 0 Å². The van der Waals surface area contributed by atoms with E-state index in [-0.39, 0.29) is 16.8 Å². The second kappa shape index (κ2) is 6.94. The van der Waals surface area contributed by atoms with Crippen molar-refractivity contribution in [1.29, 1.82) is 10.5 Å². The highest BCUT2D eigenvalue weighted by Crippen LogP contribution is 2.23. The maximum atomic E-state index is 12.5. The number of hydrogen-bond acceptors (Lipinski definition) is 3. The van der Waals surface area contributed by atoms with E-state index >= 15 is 0 Å². The van der Waals surface area contributed by atoms with Gasteiger partial charge in [-0.15, -0.1) is 0 Å². The first kappa shape index (κ1) is 17.2. The van der Waals surface area contributed by atoms with Gasteiger partial charge in [0.1, 0.15) is 11.6 Å². The Kier molecular flexibility index (Phi) is 4.97. The lowest BCUT2D eigenvalue weighted by Gasteiger charge is -2.18. The van der Waals surface area contributed by atoms with Crippen LogP contribution in [0.5, 0.6) is 0 Å². The summed E-state index contributed by atoms with van der Waals surface area (Å²) in [6, 6.07) is 18.1. The van der Waals surface area contributed by atoms with E-state index in [9.17, 15) is 10.1 Å². The highest BCUT2D eigenvalue weighted by Gasteiger charge is 2.16. The zero-order valence-corrected chi connectivity index (χ0v) is 14.0. The normalized spacial score (nSPS) is 11.5. The molecule has 0 heterocycles. The van der Waals surface area contributed by atoms with Gasteiger partial charge in [-0.25, -0.2) is 0 Å². The summed E-state index contributed by atoms with van der Waals surface area (Å²) in [5.74, 6) is -0.303. The summed E-state index contributed by atoms with van der Waals surface area (Å²) >= 11 is 0. The number of allylic oxidation sites excluding steroid dienone is 1. The number of carbonyl (C=O) groups is 1. The van der Waals surface area contributed by atoms with Crippen molar-refractivity contribution in [3.8, 4) is 12.1 Å². The van der Waals surface area contributed by atoms with E-state index in [0.29, 0.717) is 16.7 Å². The Morgan fingerprint density at radius 3 is 2.00 bits per heavy atom. The topological polar surface area (TPSA) is 64.7 Å². The highest BCUT2D eigenvalue weighted by molar-refractivity contribution is 6.14. The van der Waals surface area contributed by atoms with Gasteiger partial charge >= 0.3 is 0 Å². The van der Waals surface area contributed by atoms with Crippen molar-refractivity contribution in [2.75, 3.05) is 0 Å². The smallest absolute Gasteiger partial charge is 0.203 e. The molecule has 0 N–H and O–H groups in total. The van der Waals surface area contributed by atoms with E-state index in [1.165, 1.54) is 0 Å². The minimum absolute atomic E-state index is 0.0119. The summed E-state index contributed by atoms with van der Waals surface area (Å²) < 4.78 is 0. The largest absolute Gasteiger partial charge is 0.288 e. The number of nitrogens with zero attached hydrogens (tertiary/aromatic N) is 2. The zero-order chi connectivity index (χ0) is 17.7. The molecule has 2 rings (SSSR count). The third kappa shape index (κ3) is 3.97.